The molecule has 0 aliphatic carbocycles. The number of fused-ring (bicyclic) bond motifs is 3. The molecule has 0 atom stereocenters. The van der Waals surface area contributed by atoms with Crippen LogP contribution in [0.4, 0.5) is 18.0 Å². The number of hydrogen-bond acceptors (Lipinski definition) is 6. The van der Waals surface area contributed by atoms with Gasteiger partial charge in [0.25, 0.3) is 0 Å². The number of aryl methyl sites for hydroxylation is 2. The van der Waals surface area contributed by atoms with Crippen LogP contribution >= 0.6 is 0 Å². The van der Waals surface area contributed by atoms with Gasteiger partial charge in [0.2, 0.25) is 0 Å². The van der Waals surface area contributed by atoms with Gasteiger partial charge in [0.15, 0.2) is 0 Å². The number of imidazole rings is 1. The Kier molecular flexibility index (Phi) is 6.14. The van der Waals surface area contributed by atoms with Crippen LogP contribution in [-0.2, 0) is 4.79 Å². The van der Waals surface area contributed by atoms with E-state index in [9.17, 15) is 27.9 Å². The van der Waals surface area contributed by atoms with Gasteiger partial charge in [0.05, 0.1) is 16.5 Å². The number of ether oxygens (including phenoxy) is 2. The number of carbonyl (C=O) groups excluding carboxylic acids is 1. The van der Waals surface area contributed by atoms with E-state index in [0.717, 1.165) is 22.8 Å². The second-order valence-electron chi connectivity index (χ2n) is 8.82. The minimum absolute atomic E-state index is 0.00939. The van der Waals surface area contributed by atoms with E-state index >= 15 is 0 Å². The van der Waals surface area contributed by atoms with E-state index in [1.807, 2.05) is 32.0 Å². The third-order valence-corrected chi connectivity index (χ3v) is 6.25. The van der Waals surface area contributed by atoms with E-state index in [4.69, 9.17) is 5.11 Å². The summed E-state index contributed by atoms with van der Waals surface area (Å²) in [6.07, 6.45) is -7.01. The molecular formula is C28H19F3N2O6. The highest BCUT2D eigenvalue weighted by Crippen LogP contribution is 2.41. The van der Waals surface area contributed by atoms with Gasteiger partial charge in [-0.2, -0.15) is 13.2 Å². The number of halogens is 3. The Hall–Kier alpha value is -5.06. The molecule has 3 N–H and O–H groups in total. The van der Waals surface area contributed by atoms with Crippen molar-refractivity contribution in [3.63, 3.8) is 0 Å². The third kappa shape index (κ3) is 4.81. The van der Waals surface area contributed by atoms with E-state index in [2.05, 4.69) is 19.4 Å². The average Bonchev–Trinajstić information content (AvgIpc) is 3.29. The minimum atomic E-state index is -5.30. The number of para-hydroxylation sites is 1. The van der Waals surface area contributed by atoms with Gasteiger partial charge in [-0.1, -0.05) is 36.4 Å². The number of aromatic nitrogens is 2. The lowest BCUT2D eigenvalue weighted by Crippen LogP contribution is -2.28. The molecule has 5 rings (SSSR count). The maximum absolute atomic E-state index is 13.0. The number of nitrogens with zero attached hydrogens (tertiary/aromatic N) is 1. The van der Waals surface area contributed by atoms with Crippen molar-refractivity contribution in [3.05, 3.63) is 71.8 Å². The zero-order valence-electron chi connectivity index (χ0n) is 20.4. The van der Waals surface area contributed by atoms with Gasteiger partial charge < -0.3 is 24.7 Å². The fourth-order valence-corrected chi connectivity index (χ4v) is 4.27. The number of H-pyrrole nitrogens is 1. The second-order valence-corrected chi connectivity index (χ2v) is 8.82. The first-order chi connectivity index (χ1) is 18.4. The number of aromatic hydroxyl groups is 1. The Labute approximate surface area is 218 Å². The zero-order chi connectivity index (χ0) is 28.1. The average molecular weight is 536 g/mol. The number of carbonyl (C=O) groups is 2. The molecule has 1 heterocycles. The summed E-state index contributed by atoms with van der Waals surface area (Å²) in [7, 11) is 0. The summed E-state index contributed by atoms with van der Waals surface area (Å²) in [4.78, 5) is 30.2. The predicted molar refractivity (Wildman–Crippen MR) is 136 cm³/mol. The summed E-state index contributed by atoms with van der Waals surface area (Å²) in [6, 6.07) is 16.0. The fourth-order valence-electron chi connectivity index (χ4n) is 4.27. The molecule has 0 aliphatic heterocycles. The highest BCUT2D eigenvalue weighted by Gasteiger charge is 2.42. The monoisotopic (exact) mass is 536 g/mol. The summed E-state index contributed by atoms with van der Waals surface area (Å²) in [5, 5.41) is 20.3. The first-order valence-corrected chi connectivity index (χ1v) is 11.5. The Morgan fingerprint density at radius 2 is 1.67 bits per heavy atom. The largest absolute Gasteiger partial charge is 0.511 e. The molecule has 0 fully saturated rings. The number of carboxylic acid groups (broad SMARTS) is 1. The molecule has 0 saturated heterocycles. The van der Waals surface area contributed by atoms with Crippen LogP contribution in [0.15, 0.2) is 60.7 Å². The van der Waals surface area contributed by atoms with Crippen molar-refractivity contribution in [2.24, 2.45) is 0 Å². The van der Waals surface area contributed by atoms with Crippen LogP contribution in [0.1, 0.15) is 11.1 Å². The highest BCUT2D eigenvalue weighted by atomic mass is 19.4. The summed E-state index contributed by atoms with van der Waals surface area (Å²) in [5.74, 6) is -3.30. The quantitative estimate of drug-likeness (QED) is 0.130. The van der Waals surface area contributed by atoms with Gasteiger partial charge in [-0.3, -0.25) is 0 Å². The number of benzene rings is 4. The Bertz CT molecular complexity index is 1790. The van der Waals surface area contributed by atoms with Gasteiger partial charge in [0.1, 0.15) is 28.6 Å². The lowest BCUT2D eigenvalue weighted by Gasteiger charge is -2.12. The molecule has 5 aromatic rings. The first-order valence-electron chi connectivity index (χ1n) is 11.5. The Morgan fingerprint density at radius 3 is 2.36 bits per heavy atom. The van der Waals surface area contributed by atoms with Gasteiger partial charge in [-0.25, -0.2) is 14.6 Å². The first kappa shape index (κ1) is 25.6. The van der Waals surface area contributed by atoms with Crippen molar-refractivity contribution in [3.8, 4) is 39.8 Å². The summed E-state index contributed by atoms with van der Waals surface area (Å²) in [5.41, 5.74) is 4.30. The van der Waals surface area contributed by atoms with Crippen molar-refractivity contribution in [2.75, 3.05) is 0 Å². The molecule has 198 valence electrons. The molecule has 11 heteroatoms. The number of phenolic OH excluding ortho intramolecular Hbond substituents is 1. The number of rotatable bonds is 4. The molecule has 39 heavy (non-hydrogen) atoms. The number of aromatic amines is 1. The topological polar surface area (TPSA) is 122 Å². The maximum Gasteiger partial charge on any atom is 0.511 e. The third-order valence-electron chi connectivity index (χ3n) is 6.25. The highest BCUT2D eigenvalue weighted by molar-refractivity contribution is 6.10. The smallest absolute Gasteiger partial charge is 0.507 e. The number of nitrogens with one attached hydrogen (secondary N) is 1. The van der Waals surface area contributed by atoms with Crippen LogP contribution in [0.25, 0.3) is 44.3 Å². The van der Waals surface area contributed by atoms with Crippen LogP contribution in [0, 0.1) is 13.8 Å². The second kappa shape index (κ2) is 9.35. The van der Waals surface area contributed by atoms with Gasteiger partial charge >= 0.3 is 18.3 Å². The molecule has 1 aromatic heterocycles. The lowest BCUT2D eigenvalue weighted by atomic mass is 9.98. The van der Waals surface area contributed by atoms with Crippen LogP contribution < -0.4 is 9.47 Å². The Morgan fingerprint density at radius 1 is 0.923 bits per heavy atom. The molecule has 0 spiro atoms. The Balaban J connectivity index is 1.69. The minimum Gasteiger partial charge on any atom is -0.507 e. The fraction of sp³-hybridized carbons (Fsp3) is 0.107. The van der Waals surface area contributed by atoms with E-state index in [1.165, 1.54) is 12.1 Å². The zero-order valence-corrected chi connectivity index (χ0v) is 20.4. The molecule has 0 unspecified atom stereocenters. The number of alkyl halides is 3. The summed E-state index contributed by atoms with van der Waals surface area (Å²) < 4.78 is 48.2. The van der Waals surface area contributed by atoms with Crippen molar-refractivity contribution < 1.29 is 42.4 Å². The molecule has 0 aliphatic rings. The molecule has 0 bridgehead atoms. The van der Waals surface area contributed by atoms with E-state index in [1.54, 1.807) is 24.3 Å². The standard InChI is InChI=1S/C28H19F3N2O6/c1-13-6-7-15(10-14(13)2)18-4-3-5-19(24(18)34)25-32-20-9-8-16-11-17(38-27(36)37)12-21(22(16)23(20)33-25)39-26(35)28(29,30)31/h3-12,34H,1-2H3,(H,32,33)(H,36,37). The van der Waals surface area contributed by atoms with Gasteiger partial charge in [0, 0.05) is 11.6 Å². The summed E-state index contributed by atoms with van der Waals surface area (Å²) >= 11 is 0. The number of phenols is 1. The van der Waals surface area contributed by atoms with Crippen molar-refractivity contribution >= 4 is 33.9 Å². The van der Waals surface area contributed by atoms with Gasteiger partial charge in [-0.15, -0.1) is 0 Å². The van der Waals surface area contributed by atoms with E-state index < -0.39 is 24.1 Å². The van der Waals surface area contributed by atoms with E-state index in [-0.39, 0.29) is 33.6 Å². The van der Waals surface area contributed by atoms with E-state index in [0.29, 0.717) is 16.6 Å². The lowest BCUT2D eigenvalue weighted by molar-refractivity contribution is -0.189. The molecule has 8 nitrogen and oxygen atoms in total. The van der Waals surface area contributed by atoms with Crippen LogP contribution in [0.5, 0.6) is 17.2 Å². The summed E-state index contributed by atoms with van der Waals surface area (Å²) in [6.45, 7) is 3.94. The van der Waals surface area contributed by atoms with Crippen LogP contribution in [0.2, 0.25) is 0 Å². The van der Waals surface area contributed by atoms with Crippen molar-refractivity contribution in [1.82, 2.24) is 9.97 Å². The van der Waals surface area contributed by atoms with Crippen LogP contribution in [0.3, 0.4) is 0 Å². The normalized spacial score (nSPS) is 11.6. The molecule has 0 amide bonds. The van der Waals surface area contributed by atoms with Crippen molar-refractivity contribution in [2.45, 2.75) is 20.0 Å². The van der Waals surface area contributed by atoms with Crippen LogP contribution in [-0.4, -0.2) is 38.5 Å². The SMILES string of the molecule is Cc1ccc(-c2cccc(-c3nc4c(ccc5cc(OC(=O)O)cc(OC(=O)C(F)(F)F)c54)[nH]3)c2O)cc1C. The maximum atomic E-state index is 13.0. The molecular weight excluding hydrogens is 517 g/mol. The number of esters is 1. The number of hydrogen-bond donors (Lipinski definition) is 3. The van der Waals surface area contributed by atoms with Gasteiger partial charge in [-0.05, 0) is 54.1 Å². The predicted octanol–water partition coefficient (Wildman–Crippen LogP) is 6.90. The molecule has 4 aromatic carbocycles. The molecule has 0 saturated carbocycles. The molecule has 0 radical (unpaired) electrons. The van der Waals surface area contributed by atoms with Crippen molar-refractivity contribution in [1.29, 1.82) is 0 Å².